The van der Waals surface area contributed by atoms with E-state index in [4.69, 9.17) is 4.74 Å². The van der Waals surface area contributed by atoms with E-state index >= 15 is 0 Å². The normalized spacial score (nSPS) is 10.5. The molecule has 4 heteroatoms. The van der Waals surface area contributed by atoms with Gasteiger partial charge in [-0.3, -0.25) is 0 Å². The van der Waals surface area contributed by atoms with E-state index in [2.05, 4.69) is 27.7 Å². The summed E-state index contributed by atoms with van der Waals surface area (Å²) < 4.78 is 8.11. The van der Waals surface area contributed by atoms with Gasteiger partial charge in [0.15, 0.2) is 0 Å². The van der Waals surface area contributed by atoms with Crippen molar-refractivity contribution in [1.82, 2.24) is 9.61 Å². The topological polar surface area (TPSA) is 26.5 Å². The summed E-state index contributed by atoms with van der Waals surface area (Å²) in [5, 5.41) is 4.16. The highest BCUT2D eigenvalue weighted by Crippen LogP contribution is 2.23. The molecule has 62 valence electrons. The molecule has 0 aliphatic rings. The van der Waals surface area contributed by atoms with E-state index in [0.29, 0.717) is 0 Å². The van der Waals surface area contributed by atoms with Gasteiger partial charge in [-0.15, -0.1) is 0 Å². The fourth-order valence-corrected chi connectivity index (χ4v) is 1.78. The number of fused-ring (bicyclic) bond motifs is 1. The maximum absolute atomic E-state index is 5.20. The van der Waals surface area contributed by atoms with Crippen molar-refractivity contribution in [2.24, 2.45) is 0 Å². The van der Waals surface area contributed by atoms with Crippen molar-refractivity contribution in [2.75, 3.05) is 7.11 Å². The van der Waals surface area contributed by atoms with Crippen molar-refractivity contribution in [3.8, 4) is 5.75 Å². The molecule has 0 atom stereocenters. The standard InChI is InChI=1S/C8H7IN2O/c1-12-7-3-2-4-11-8(7)6(9)5-10-11/h2-5H,1H3. The smallest absolute Gasteiger partial charge is 0.145 e. The number of pyridine rings is 1. The summed E-state index contributed by atoms with van der Waals surface area (Å²) in [5.41, 5.74) is 1.03. The summed E-state index contributed by atoms with van der Waals surface area (Å²) in [6, 6.07) is 3.84. The van der Waals surface area contributed by atoms with Crippen molar-refractivity contribution in [3.63, 3.8) is 0 Å². The zero-order chi connectivity index (χ0) is 8.55. The van der Waals surface area contributed by atoms with Crippen LogP contribution in [0, 0.1) is 3.57 Å². The van der Waals surface area contributed by atoms with Gasteiger partial charge in [0, 0.05) is 6.20 Å². The van der Waals surface area contributed by atoms with E-state index in [0.717, 1.165) is 14.8 Å². The molecule has 0 radical (unpaired) electrons. The van der Waals surface area contributed by atoms with Crippen LogP contribution in [0.3, 0.4) is 0 Å². The van der Waals surface area contributed by atoms with Crippen LogP contribution in [-0.2, 0) is 0 Å². The van der Waals surface area contributed by atoms with Crippen molar-refractivity contribution < 1.29 is 4.74 Å². The van der Waals surface area contributed by atoms with Gasteiger partial charge < -0.3 is 4.74 Å². The molecule has 0 saturated heterocycles. The van der Waals surface area contributed by atoms with Crippen LogP contribution in [0.1, 0.15) is 0 Å². The Balaban J connectivity index is 2.84. The fourth-order valence-electron chi connectivity index (χ4n) is 1.14. The van der Waals surface area contributed by atoms with E-state index in [1.54, 1.807) is 11.6 Å². The van der Waals surface area contributed by atoms with Crippen LogP contribution in [-0.4, -0.2) is 16.7 Å². The number of halogens is 1. The predicted octanol–water partition coefficient (Wildman–Crippen LogP) is 1.95. The average molecular weight is 274 g/mol. The number of hydrogen-bond acceptors (Lipinski definition) is 2. The minimum Gasteiger partial charge on any atom is -0.494 e. The summed E-state index contributed by atoms with van der Waals surface area (Å²) in [7, 11) is 1.67. The molecule has 2 aromatic rings. The van der Waals surface area contributed by atoms with Crippen LogP contribution in [0.4, 0.5) is 0 Å². The molecule has 0 fully saturated rings. The van der Waals surface area contributed by atoms with Crippen LogP contribution in [0.5, 0.6) is 5.75 Å². The monoisotopic (exact) mass is 274 g/mol. The SMILES string of the molecule is COc1cccn2ncc(I)c12. The molecule has 2 aromatic heterocycles. The van der Waals surface area contributed by atoms with Crippen molar-refractivity contribution in [2.45, 2.75) is 0 Å². The molecule has 0 amide bonds. The Morgan fingerprint density at radius 3 is 3.17 bits per heavy atom. The van der Waals surface area contributed by atoms with Crippen molar-refractivity contribution >= 4 is 28.1 Å². The Kier molecular flexibility index (Phi) is 1.92. The molecular weight excluding hydrogens is 267 g/mol. The van der Waals surface area contributed by atoms with Crippen LogP contribution in [0.2, 0.25) is 0 Å². The van der Waals surface area contributed by atoms with Crippen molar-refractivity contribution in [1.29, 1.82) is 0 Å². The summed E-state index contributed by atoms with van der Waals surface area (Å²) in [6.07, 6.45) is 3.72. The second kappa shape index (κ2) is 2.93. The first-order valence-corrected chi connectivity index (χ1v) is 4.56. The average Bonchev–Trinajstić information content (AvgIpc) is 2.48. The van der Waals surface area contributed by atoms with Crippen LogP contribution >= 0.6 is 22.6 Å². The molecular formula is C8H7IN2O. The molecule has 0 unspecified atom stereocenters. The first-order valence-electron chi connectivity index (χ1n) is 3.49. The first-order chi connectivity index (χ1) is 5.83. The minimum absolute atomic E-state index is 0.861. The van der Waals surface area contributed by atoms with Gasteiger partial charge in [0.05, 0.1) is 16.9 Å². The third-order valence-corrected chi connectivity index (χ3v) is 2.47. The largest absolute Gasteiger partial charge is 0.494 e. The number of nitrogens with zero attached hydrogens (tertiary/aromatic N) is 2. The number of aromatic nitrogens is 2. The molecule has 2 heterocycles. The quantitative estimate of drug-likeness (QED) is 0.743. The molecule has 0 aromatic carbocycles. The lowest BCUT2D eigenvalue weighted by Gasteiger charge is -2.01. The molecule has 0 bridgehead atoms. The van der Waals surface area contributed by atoms with E-state index in [-0.39, 0.29) is 0 Å². The Bertz CT molecular complexity index is 410. The molecule has 3 nitrogen and oxygen atoms in total. The number of hydrogen-bond donors (Lipinski definition) is 0. The second-order valence-electron chi connectivity index (χ2n) is 2.36. The molecule has 12 heavy (non-hydrogen) atoms. The van der Waals surface area contributed by atoms with Gasteiger partial charge in [0.25, 0.3) is 0 Å². The lowest BCUT2D eigenvalue weighted by Crippen LogP contribution is -1.90. The zero-order valence-electron chi connectivity index (χ0n) is 6.49. The molecule has 0 aliphatic heterocycles. The van der Waals surface area contributed by atoms with Gasteiger partial charge >= 0.3 is 0 Å². The fraction of sp³-hybridized carbons (Fsp3) is 0.125. The van der Waals surface area contributed by atoms with Crippen LogP contribution < -0.4 is 4.74 Å². The highest BCUT2D eigenvalue weighted by molar-refractivity contribution is 14.1. The Morgan fingerprint density at radius 1 is 1.58 bits per heavy atom. The lowest BCUT2D eigenvalue weighted by molar-refractivity contribution is 0.417. The molecule has 0 aliphatic carbocycles. The van der Waals surface area contributed by atoms with Gasteiger partial charge in [-0.25, -0.2) is 4.52 Å². The van der Waals surface area contributed by atoms with E-state index in [1.807, 2.05) is 24.5 Å². The van der Waals surface area contributed by atoms with E-state index < -0.39 is 0 Å². The minimum atomic E-state index is 0.861. The maximum Gasteiger partial charge on any atom is 0.145 e. The van der Waals surface area contributed by atoms with Crippen molar-refractivity contribution in [3.05, 3.63) is 28.1 Å². The van der Waals surface area contributed by atoms with Gasteiger partial charge in [-0.1, -0.05) is 0 Å². The molecule has 0 N–H and O–H groups in total. The highest BCUT2D eigenvalue weighted by Gasteiger charge is 2.05. The second-order valence-corrected chi connectivity index (χ2v) is 3.52. The first kappa shape index (κ1) is 7.85. The third kappa shape index (κ3) is 1.06. The van der Waals surface area contributed by atoms with E-state index in [1.165, 1.54) is 0 Å². The zero-order valence-corrected chi connectivity index (χ0v) is 8.65. The van der Waals surface area contributed by atoms with Crippen LogP contribution in [0.25, 0.3) is 5.52 Å². The summed E-state index contributed by atoms with van der Waals surface area (Å²) in [5.74, 6) is 0.861. The number of rotatable bonds is 1. The van der Waals surface area contributed by atoms with Gasteiger partial charge in [-0.2, -0.15) is 5.10 Å². The highest BCUT2D eigenvalue weighted by atomic mass is 127. The van der Waals surface area contributed by atoms with E-state index in [9.17, 15) is 0 Å². The Hall–Kier alpha value is -0.780. The predicted molar refractivity (Wildman–Crippen MR) is 54.5 cm³/mol. The van der Waals surface area contributed by atoms with Gasteiger partial charge in [-0.05, 0) is 34.7 Å². The number of methoxy groups -OCH3 is 1. The third-order valence-electron chi connectivity index (χ3n) is 1.68. The van der Waals surface area contributed by atoms with Gasteiger partial charge in [0.1, 0.15) is 11.3 Å². The molecule has 2 rings (SSSR count). The molecule has 0 spiro atoms. The summed E-state index contributed by atoms with van der Waals surface area (Å²) in [6.45, 7) is 0. The lowest BCUT2D eigenvalue weighted by atomic mass is 10.4. The summed E-state index contributed by atoms with van der Waals surface area (Å²) >= 11 is 2.24. The maximum atomic E-state index is 5.20. The number of ether oxygens (including phenoxy) is 1. The van der Waals surface area contributed by atoms with Gasteiger partial charge in [0.2, 0.25) is 0 Å². The van der Waals surface area contributed by atoms with Crippen LogP contribution in [0.15, 0.2) is 24.5 Å². The Morgan fingerprint density at radius 2 is 2.42 bits per heavy atom. The molecule has 0 saturated carbocycles. The summed E-state index contributed by atoms with van der Waals surface area (Å²) in [4.78, 5) is 0. The Labute approximate surface area is 83.5 Å².